The lowest BCUT2D eigenvalue weighted by Gasteiger charge is -2.19. The maximum atomic E-state index is 12.3. The van der Waals surface area contributed by atoms with Gasteiger partial charge in [0.2, 0.25) is 0 Å². The van der Waals surface area contributed by atoms with E-state index in [1.807, 2.05) is 36.4 Å². The zero-order chi connectivity index (χ0) is 19.4. The fourth-order valence-corrected chi connectivity index (χ4v) is 3.47. The van der Waals surface area contributed by atoms with Crippen molar-refractivity contribution in [3.63, 3.8) is 0 Å². The van der Waals surface area contributed by atoms with Crippen molar-refractivity contribution in [2.24, 2.45) is 5.92 Å². The fourth-order valence-electron chi connectivity index (χ4n) is 3.47. The Morgan fingerprint density at radius 1 is 1.11 bits per heavy atom. The van der Waals surface area contributed by atoms with E-state index in [1.54, 1.807) is 13.8 Å². The van der Waals surface area contributed by atoms with Gasteiger partial charge in [-0.2, -0.15) is 4.79 Å². The summed E-state index contributed by atoms with van der Waals surface area (Å²) in [4.78, 5) is 26.9. The number of benzene rings is 2. The summed E-state index contributed by atoms with van der Waals surface area (Å²) in [5.74, 6) is -0.702. The van der Waals surface area contributed by atoms with Crippen LogP contribution in [0.3, 0.4) is 0 Å². The minimum atomic E-state index is -0.809. The average Bonchev–Trinajstić information content (AvgIpc) is 2.98. The van der Waals surface area contributed by atoms with Crippen LogP contribution in [0, 0.1) is 5.92 Å². The number of ether oxygens (including phenoxy) is 1. The maximum Gasteiger partial charge on any atom is 0.407 e. The molecule has 2 aromatic carbocycles. The van der Waals surface area contributed by atoms with Crippen molar-refractivity contribution in [3.05, 3.63) is 65.2 Å². The Kier molecular flexibility index (Phi) is 5.48. The number of nitrogens with one attached hydrogen (secondary N) is 1. The van der Waals surface area contributed by atoms with Crippen molar-refractivity contribution < 1.29 is 19.1 Å². The lowest BCUT2D eigenvalue weighted by molar-refractivity contribution is -0.118. The van der Waals surface area contributed by atoms with Gasteiger partial charge < -0.3 is 15.6 Å². The number of Topliss-reactive ketones (excluding diaryl/α,β-unsaturated/α-hetero) is 1. The lowest BCUT2D eigenvalue weighted by atomic mass is 9.98. The van der Waals surface area contributed by atoms with Gasteiger partial charge in [-0.1, -0.05) is 62.4 Å². The molecule has 0 radical (unpaired) electrons. The Bertz CT molecular complexity index is 871. The SMILES string of the molecule is CC(C)[C@H](NC(=O)OCC1c2ccccc2-c2ccccc21)C(=O)C=[N+]=[N-]. The number of alkyl carbamates (subject to hydrolysis) is 1. The summed E-state index contributed by atoms with van der Waals surface area (Å²) < 4.78 is 5.44. The summed E-state index contributed by atoms with van der Waals surface area (Å²) in [7, 11) is 0. The third kappa shape index (κ3) is 3.81. The minimum Gasteiger partial charge on any atom is -0.449 e. The summed E-state index contributed by atoms with van der Waals surface area (Å²) in [5, 5.41) is 2.56. The molecule has 3 rings (SSSR count). The Hall–Kier alpha value is -3.24. The lowest BCUT2D eigenvalue weighted by Crippen LogP contribution is -2.45. The van der Waals surface area contributed by atoms with Crippen molar-refractivity contribution >= 4 is 18.1 Å². The van der Waals surface area contributed by atoms with Gasteiger partial charge in [-0.15, -0.1) is 0 Å². The number of carbonyl (C=O) groups excluding carboxylic acids is 2. The van der Waals surface area contributed by atoms with Gasteiger partial charge in [0.1, 0.15) is 12.6 Å². The molecule has 0 heterocycles. The van der Waals surface area contributed by atoms with Gasteiger partial charge in [-0.25, -0.2) is 4.79 Å². The minimum absolute atomic E-state index is 0.0460. The summed E-state index contributed by atoms with van der Waals surface area (Å²) in [6.45, 7) is 3.75. The van der Waals surface area contributed by atoms with Crippen LogP contribution >= 0.6 is 0 Å². The van der Waals surface area contributed by atoms with Gasteiger partial charge in [-0.3, -0.25) is 4.79 Å². The summed E-state index contributed by atoms with van der Waals surface area (Å²) >= 11 is 0. The van der Waals surface area contributed by atoms with Crippen LogP contribution in [-0.4, -0.2) is 35.5 Å². The van der Waals surface area contributed by atoms with Crippen LogP contribution in [0.15, 0.2) is 48.5 Å². The van der Waals surface area contributed by atoms with E-state index < -0.39 is 17.9 Å². The van der Waals surface area contributed by atoms with E-state index in [0.717, 1.165) is 28.5 Å². The number of hydrogen-bond acceptors (Lipinski definition) is 3. The molecule has 0 aliphatic heterocycles. The third-order valence-electron chi connectivity index (χ3n) is 4.78. The van der Waals surface area contributed by atoms with E-state index in [-0.39, 0.29) is 18.4 Å². The van der Waals surface area contributed by atoms with Crippen molar-refractivity contribution in [3.8, 4) is 11.1 Å². The van der Waals surface area contributed by atoms with E-state index in [0.29, 0.717) is 0 Å². The number of fused-ring (bicyclic) bond motifs is 3. The van der Waals surface area contributed by atoms with E-state index in [4.69, 9.17) is 10.3 Å². The predicted octanol–water partition coefficient (Wildman–Crippen LogP) is 3.42. The smallest absolute Gasteiger partial charge is 0.407 e. The van der Waals surface area contributed by atoms with Gasteiger partial charge in [0.15, 0.2) is 0 Å². The molecule has 1 N–H and O–H groups in total. The largest absolute Gasteiger partial charge is 0.449 e. The van der Waals surface area contributed by atoms with E-state index in [2.05, 4.69) is 22.2 Å². The first-order valence-electron chi connectivity index (χ1n) is 8.85. The van der Waals surface area contributed by atoms with Gasteiger partial charge in [-0.05, 0) is 28.2 Å². The molecule has 1 amide bonds. The molecule has 0 unspecified atom stereocenters. The normalized spacial score (nSPS) is 13.3. The van der Waals surface area contributed by atoms with Crippen LogP contribution in [0.1, 0.15) is 30.9 Å². The van der Waals surface area contributed by atoms with Gasteiger partial charge in [0.05, 0.1) is 0 Å². The molecule has 1 atom stereocenters. The monoisotopic (exact) mass is 363 g/mol. The number of rotatable bonds is 6. The van der Waals surface area contributed by atoms with Crippen molar-refractivity contribution in [2.75, 3.05) is 6.61 Å². The summed E-state index contributed by atoms with van der Waals surface area (Å²) in [6, 6.07) is 15.3. The van der Waals surface area contributed by atoms with Gasteiger partial charge in [0, 0.05) is 5.92 Å². The molecule has 0 spiro atoms. The van der Waals surface area contributed by atoms with Crippen molar-refractivity contribution in [2.45, 2.75) is 25.8 Å². The molecule has 2 aromatic rings. The number of nitrogens with zero attached hydrogens (tertiary/aromatic N) is 2. The molecule has 1 aliphatic rings. The maximum absolute atomic E-state index is 12.3. The number of carbonyl (C=O) groups is 2. The quantitative estimate of drug-likeness (QED) is 0.484. The van der Waals surface area contributed by atoms with Crippen LogP contribution < -0.4 is 5.32 Å². The highest BCUT2D eigenvalue weighted by Gasteiger charge is 2.30. The summed E-state index contributed by atoms with van der Waals surface area (Å²) in [6.07, 6.45) is 0.115. The number of ketones is 1. The first-order chi connectivity index (χ1) is 13.0. The Morgan fingerprint density at radius 2 is 1.67 bits per heavy atom. The number of hydrogen-bond donors (Lipinski definition) is 1. The van der Waals surface area contributed by atoms with Gasteiger partial charge >= 0.3 is 12.3 Å². The molecular weight excluding hydrogens is 342 g/mol. The highest BCUT2D eigenvalue weighted by Crippen LogP contribution is 2.44. The number of amides is 1. The van der Waals surface area contributed by atoms with E-state index in [1.165, 1.54) is 0 Å². The van der Waals surface area contributed by atoms with Crippen LogP contribution in [0.2, 0.25) is 0 Å². The molecule has 0 aromatic heterocycles. The first kappa shape index (κ1) is 18.5. The topological polar surface area (TPSA) is 91.8 Å². The Labute approximate surface area is 157 Å². The molecule has 27 heavy (non-hydrogen) atoms. The molecule has 0 saturated carbocycles. The fraction of sp³-hybridized carbons (Fsp3) is 0.286. The Balaban J connectivity index is 1.72. The second kappa shape index (κ2) is 7.98. The molecule has 0 saturated heterocycles. The molecular formula is C21H21N3O3. The van der Waals surface area contributed by atoms with Crippen LogP contribution in [0.5, 0.6) is 0 Å². The van der Waals surface area contributed by atoms with Crippen LogP contribution in [0.25, 0.3) is 16.7 Å². The first-order valence-corrected chi connectivity index (χ1v) is 8.85. The summed E-state index contributed by atoms with van der Waals surface area (Å²) in [5.41, 5.74) is 13.1. The molecule has 0 fully saturated rings. The standard InChI is InChI=1S/C21H21N3O3/c1-13(2)20(19(25)11-23-22)24-21(26)27-12-18-16-9-5-3-7-14(16)15-8-4-6-10-17(15)18/h3-11,13,18,20H,12H2,1-2H3,(H,24,26)/t20-/m0/s1. The second-order valence-corrected chi connectivity index (χ2v) is 6.84. The highest BCUT2D eigenvalue weighted by atomic mass is 16.5. The van der Waals surface area contributed by atoms with E-state index in [9.17, 15) is 9.59 Å². The van der Waals surface area contributed by atoms with Crippen molar-refractivity contribution in [1.82, 2.24) is 5.32 Å². The predicted molar refractivity (Wildman–Crippen MR) is 102 cm³/mol. The Morgan fingerprint density at radius 3 is 2.19 bits per heavy atom. The average molecular weight is 363 g/mol. The molecule has 6 heteroatoms. The van der Waals surface area contributed by atoms with Crippen molar-refractivity contribution in [1.29, 1.82) is 0 Å². The highest BCUT2D eigenvalue weighted by molar-refractivity contribution is 6.28. The molecule has 6 nitrogen and oxygen atoms in total. The van der Waals surface area contributed by atoms with Crippen LogP contribution in [-0.2, 0) is 9.53 Å². The zero-order valence-corrected chi connectivity index (χ0v) is 15.3. The third-order valence-corrected chi connectivity index (χ3v) is 4.78. The van der Waals surface area contributed by atoms with Crippen LogP contribution in [0.4, 0.5) is 4.79 Å². The zero-order valence-electron chi connectivity index (χ0n) is 15.3. The van der Waals surface area contributed by atoms with Gasteiger partial charge in [0.25, 0.3) is 5.78 Å². The second-order valence-electron chi connectivity index (χ2n) is 6.84. The van der Waals surface area contributed by atoms with E-state index >= 15 is 0 Å². The molecule has 1 aliphatic carbocycles. The molecule has 138 valence electrons. The molecule has 0 bridgehead atoms.